The minimum atomic E-state index is -0.837. The molecule has 0 radical (unpaired) electrons. The molecule has 0 aliphatic carbocycles. The van der Waals surface area contributed by atoms with Crippen molar-refractivity contribution in [3.63, 3.8) is 0 Å². The summed E-state index contributed by atoms with van der Waals surface area (Å²) in [6.45, 7) is 5.35. The molecule has 19 heavy (non-hydrogen) atoms. The Morgan fingerprint density at radius 1 is 1.32 bits per heavy atom. The van der Waals surface area contributed by atoms with Crippen molar-refractivity contribution in [3.05, 3.63) is 34.9 Å². The number of alkyl halides is 1. The average molecular weight is 334 g/mol. The Morgan fingerprint density at radius 3 is 2.37 bits per heavy atom. The minimum Gasteiger partial charge on any atom is -0.346 e. The maximum Gasteiger partial charge on any atom is 0.257 e. The van der Waals surface area contributed by atoms with Crippen LogP contribution in [0, 0.1) is 18.6 Å². The van der Waals surface area contributed by atoms with Crippen LogP contribution in [0.3, 0.4) is 0 Å². The van der Waals surface area contributed by atoms with Gasteiger partial charge in [0, 0.05) is 10.9 Å². The first kappa shape index (κ1) is 16.1. The van der Waals surface area contributed by atoms with Gasteiger partial charge in [-0.25, -0.2) is 8.78 Å². The summed E-state index contributed by atoms with van der Waals surface area (Å²) in [6, 6.07) is 2.43. The molecular formula is C14H18BrF2NO. The molecule has 0 saturated heterocycles. The lowest BCUT2D eigenvalue weighted by Crippen LogP contribution is -2.49. The first-order chi connectivity index (χ1) is 8.90. The van der Waals surface area contributed by atoms with Gasteiger partial charge in [0.15, 0.2) is 0 Å². The van der Waals surface area contributed by atoms with Crippen molar-refractivity contribution in [1.29, 1.82) is 0 Å². The molecule has 0 unspecified atom stereocenters. The van der Waals surface area contributed by atoms with Crippen molar-refractivity contribution >= 4 is 21.8 Å². The number of carbonyl (C=O) groups excluding carboxylic acids is 1. The van der Waals surface area contributed by atoms with Crippen LogP contribution in [-0.4, -0.2) is 16.8 Å². The average Bonchev–Trinajstić information content (AvgIpc) is 2.41. The molecule has 0 bridgehead atoms. The summed E-state index contributed by atoms with van der Waals surface area (Å²) in [5.41, 5.74) is -0.740. The van der Waals surface area contributed by atoms with Gasteiger partial charge >= 0.3 is 0 Å². The van der Waals surface area contributed by atoms with Gasteiger partial charge < -0.3 is 5.32 Å². The van der Waals surface area contributed by atoms with Crippen molar-refractivity contribution in [1.82, 2.24) is 5.32 Å². The molecule has 1 rings (SSSR count). The number of carbonyl (C=O) groups is 1. The summed E-state index contributed by atoms with van der Waals surface area (Å²) in [5, 5.41) is 3.27. The maximum atomic E-state index is 13.9. The number of amides is 1. The third kappa shape index (κ3) is 3.32. The van der Waals surface area contributed by atoms with Crippen molar-refractivity contribution in [3.8, 4) is 0 Å². The number of benzene rings is 1. The second-order valence-electron chi connectivity index (χ2n) is 4.63. The SMILES string of the molecule is CCC(CC)(CBr)NC(=O)c1c(F)ccc(C)c1F. The topological polar surface area (TPSA) is 29.1 Å². The van der Waals surface area contributed by atoms with Crippen molar-refractivity contribution in [2.45, 2.75) is 39.2 Å². The largest absolute Gasteiger partial charge is 0.346 e. The number of hydrogen-bond donors (Lipinski definition) is 1. The van der Waals surface area contributed by atoms with E-state index in [1.165, 1.54) is 13.0 Å². The highest BCUT2D eigenvalue weighted by atomic mass is 79.9. The molecule has 5 heteroatoms. The Morgan fingerprint density at radius 2 is 1.89 bits per heavy atom. The predicted molar refractivity (Wildman–Crippen MR) is 75.7 cm³/mol. The van der Waals surface area contributed by atoms with Crippen LogP contribution in [0.15, 0.2) is 12.1 Å². The zero-order valence-corrected chi connectivity index (χ0v) is 12.9. The van der Waals surface area contributed by atoms with Crippen LogP contribution in [0.1, 0.15) is 42.6 Å². The lowest BCUT2D eigenvalue weighted by Gasteiger charge is -2.31. The third-order valence-electron chi connectivity index (χ3n) is 3.50. The summed E-state index contributed by atoms with van der Waals surface area (Å²) in [4.78, 5) is 12.1. The zero-order valence-electron chi connectivity index (χ0n) is 11.3. The highest BCUT2D eigenvalue weighted by molar-refractivity contribution is 9.09. The van der Waals surface area contributed by atoms with Crippen molar-refractivity contribution in [2.75, 3.05) is 5.33 Å². The standard InChI is InChI=1S/C14H18BrF2NO/c1-4-14(5-2,8-15)18-13(19)11-10(16)7-6-9(3)12(11)17/h6-7H,4-5,8H2,1-3H3,(H,18,19). The Kier molecular flexibility index (Phi) is 5.47. The van der Waals surface area contributed by atoms with E-state index in [9.17, 15) is 13.6 Å². The van der Waals surface area contributed by atoms with E-state index < -0.39 is 28.6 Å². The first-order valence-corrected chi connectivity index (χ1v) is 7.36. The van der Waals surface area contributed by atoms with E-state index in [1.807, 2.05) is 13.8 Å². The number of nitrogens with one attached hydrogen (secondary N) is 1. The maximum absolute atomic E-state index is 13.9. The fraction of sp³-hybridized carbons (Fsp3) is 0.500. The van der Waals surface area contributed by atoms with E-state index in [4.69, 9.17) is 0 Å². The molecule has 0 heterocycles. The number of halogens is 3. The number of aryl methyl sites for hydroxylation is 1. The molecule has 1 aromatic carbocycles. The molecule has 1 amide bonds. The molecular weight excluding hydrogens is 316 g/mol. The van der Waals surface area contributed by atoms with Gasteiger partial charge in [-0.1, -0.05) is 35.8 Å². The summed E-state index contributed by atoms with van der Waals surface area (Å²) in [5.74, 6) is -2.34. The van der Waals surface area contributed by atoms with Gasteiger partial charge in [0.2, 0.25) is 0 Å². The van der Waals surface area contributed by atoms with Gasteiger partial charge in [-0.05, 0) is 31.4 Å². The number of hydrogen-bond acceptors (Lipinski definition) is 1. The summed E-state index contributed by atoms with van der Waals surface area (Å²) in [7, 11) is 0. The second kappa shape index (κ2) is 6.46. The third-order valence-corrected chi connectivity index (χ3v) is 4.57. The van der Waals surface area contributed by atoms with Gasteiger partial charge in [0.1, 0.15) is 17.2 Å². The molecule has 0 atom stereocenters. The first-order valence-electron chi connectivity index (χ1n) is 6.23. The van der Waals surface area contributed by atoms with Crippen LogP contribution < -0.4 is 5.32 Å². The Labute approximate surface area is 120 Å². The Bertz CT molecular complexity index is 464. The van der Waals surface area contributed by atoms with Gasteiger partial charge in [-0.2, -0.15) is 0 Å². The molecule has 0 fully saturated rings. The van der Waals surface area contributed by atoms with Gasteiger partial charge in [0.25, 0.3) is 5.91 Å². The molecule has 0 aromatic heterocycles. The molecule has 0 saturated carbocycles. The number of rotatable bonds is 5. The molecule has 2 nitrogen and oxygen atoms in total. The highest BCUT2D eigenvalue weighted by Crippen LogP contribution is 2.21. The van der Waals surface area contributed by atoms with Crippen LogP contribution in [0.2, 0.25) is 0 Å². The fourth-order valence-corrected chi connectivity index (χ4v) is 2.75. The van der Waals surface area contributed by atoms with Crippen molar-refractivity contribution in [2.24, 2.45) is 0 Å². The van der Waals surface area contributed by atoms with E-state index in [-0.39, 0.29) is 5.56 Å². The monoisotopic (exact) mass is 333 g/mol. The van der Waals surface area contributed by atoms with Crippen LogP contribution in [-0.2, 0) is 0 Å². The fourth-order valence-electron chi connectivity index (χ4n) is 1.82. The smallest absolute Gasteiger partial charge is 0.257 e. The van der Waals surface area contributed by atoms with Gasteiger partial charge in [-0.15, -0.1) is 0 Å². The molecule has 0 aliphatic heterocycles. The van der Waals surface area contributed by atoms with Crippen molar-refractivity contribution < 1.29 is 13.6 Å². The zero-order chi connectivity index (χ0) is 14.6. The summed E-state index contributed by atoms with van der Waals surface area (Å²) < 4.78 is 27.5. The quantitative estimate of drug-likeness (QED) is 0.812. The van der Waals surface area contributed by atoms with Crippen LogP contribution in [0.5, 0.6) is 0 Å². The van der Waals surface area contributed by atoms with Gasteiger partial charge in [-0.3, -0.25) is 4.79 Å². The lowest BCUT2D eigenvalue weighted by atomic mass is 9.94. The molecule has 0 spiro atoms. The lowest BCUT2D eigenvalue weighted by molar-refractivity contribution is 0.0895. The van der Waals surface area contributed by atoms with E-state index in [0.29, 0.717) is 18.2 Å². The second-order valence-corrected chi connectivity index (χ2v) is 5.19. The summed E-state index contributed by atoms with van der Waals surface area (Å²) in [6.07, 6.45) is 1.35. The molecule has 0 aliphatic rings. The van der Waals surface area contributed by atoms with Gasteiger partial charge in [0.05, 0.1) is 0 Å². The Hall–Kier alpha value is -0.970. The predicted octanol–water partition coefficient (Wildman–Crippen LogP) is 3.96. The minimum absolute atomic E-state index is 0.254. The van der Waals surface area contributed by atoms with E-state index in [1.54, 1.807) is 0 Å². The highest BCUT2D eigenvalue weighted by Gasteiger charge is 2.29. The van der Waals surface area contributed by atoms with E-state index in [0.717, 1.165) is 6.07 Å². The summed E-state index contributed by atoms with van der Waals surface area (Å²) >= 11 is 3.34. The van der Waals surface area contributed by atoms with E-state index >= 15 is 0 Å². The van der Waals surface area contributed by atoms with Crippen LogP contribution >= 0.6 is 15.9 Å². The molecule has 1 N–H and O–H groups in total. The van der Waals surface area contributed by atoms with E-state index in [2.05, 4.69) is 21.2 Å². The molecule has 106 valence electrons. The normalized spacial score (nSPS) is 11.5. The Balaban J connectivity index is 3.11. The molecule has 1 aromatic rings. The van der Waals surface area contributed by atoms with Crippen LogP contribution in [0.25, 0.3) is 0 Å². The van der Waals surface area contributed by atoms with Crippen LogP contribution in [0.4, 0.5) is 8.78 Å².